The van der Waals surface area contributed by atoms with Crippen molar-refractivity contribution >= 4 is 28.9 Å². The average Bonchev–Trinajstić information content (AvgIpc) is 2.15. The van der Waals surface area contributed by atoms with Crippen molar-refractivity contribution in [2.45, 2.75) is 25.8 Å². The number of nitrogens with two attached hydrogens (primary N) is 2. The van der Waals surface area contributed by atoms with Crippen LogP contribution in [0.5, 0.6) is 0 Å². The number of aromatic nitrogens is 2. The van der Waals surface area contributed by atoms with E-state index >= 15 is 0 Å². The van der Waals surface area contributed by atoms with Gasteiger partial charge in [-0.3, -0.25) is 4.79 Å². The molecular weight excluding hydrogens is 238 g/mol. The molecule has 1 rings (SSSR count). The molecule has 1 heterocycles. The fraction of sp³-hybridized carbons (Fsp3) is 0.400. The molecule has 5 N–H and O–H groups in total. The number of primary amides is 1. The van der Waals surface area contributed by atoms with Crippen molar-refractivity contribution in [1.29, 1.82) is 0 Å². The second-order valence-corrected chi connectivity index (χ2v) is 4.74. The Kier molecular flexibility index (Phi) is 3.95. The molecule has 1 aromatic heterocycles. The first kappa shape index (κ1) is 13.3. The first-order valence-electron chi connectivity index (χ1n) is 4.98. The highest BCUT2D eigenvalue weighted by molar-refractivity contribution is 7.80. The van der Waals surface area contributed by atoms with Gasteiger partial charge in [-0.1, -0.05) is 12.2 Å². The number of nitrogens with one attached hydrogen (secondary N) is 1. The second kappa shape index (κ2) is 5.05. The lowest BCUT2D eigenvalue weighted by Gasteiger charge is -2.25. The van der Waals surface area contributed by atoms with E-state index in [0.29, 0.717) is 11.5 Å². The quantitative estimate of drug-likeness (QED) is 0.646. The molecule has 17 heavy (non-hydrogen) atoms. The van der Waals surface area contributed by atoms with Crippen LogP contribution < -0.4 is 16.8 Å². The summed E-state index contributed by atoms with van der Waals surface area (Å²) in [7, 11) is 0. The fourth-order valence-corrected chi connectivity index (χ4v) is 1.45. The minimum atomic E-state index is -0.481. The third kappa shape index (κ3) is 4.31. The summed E-state index contributed by atoms with van der Waals surface area (Å²) in [6.07, 6.45) is 3.19. The predicted octanol–water partition coefficient (Wildman–Crippen LogP) is 0.177. The van der Waals surface area contributed by atoms with Gasteiger partial charge in [-0.15, -0.1) is 0 Å². The van der Waals surface area contributed by atoms with Gasteiger partial charge in [0, 0.05) is 12.0 Å². The highest BCUT2D eigenvalue weighted by atomic mass is 32.1. The van der Waals surface area contributed by atoms with Gasteiger partial charge in [0.15, 0.2) is 0 Å². The van der Waals surface area contributed by atoms with Crippen LogP contribution in [0.3, 0.4) is 0 Å². The van der Waals surface area contributed by atoms with Gasteiger partial charge in [0.1, 0.15) is 16.5 Å². The van der Waals surface area contributed by atoms with Crippen LogP contribution in [0.2, 0.25) is 0 Å². The third-order valence-electron chi connectivity index (χ3n) is 1.99. The highest BCUT2D eigenvalue weighted by Gasteiger charge is 2.20. The van der Waals surface area contributed by atoms with Crippen LogP contribution in [0.1, 0.15) is 26.0 Å². The molecule has 0 spiro atoms. The van der Waals surface area contributed by atoms with Gasteiger partial charge in [-0.2, -0.15) is 0 Å². The van der Waals surface area contributed by atoms with E-state index < -0.39 is 5.54 Å². The summed E-state index contributed by atoms with van der Waals surface area (Å²) < 4.78 is 0. The molecule has 0 atom stereocenters. The summed E-state index contributed by atoms with van der Waals surface area (Å²) in [5.74, 6) is 0.159. The van der Waals surface area contributed by atoms with Crippen molar-refractivity contribution in [3.05, 3.63) is 18.1 Å². The molecule has 0 aliphatic heterocycles. The molecule has 0 fully saturated rings. The summed E-state index contributed by atoms with van der Waals surface area (Å²) in [4.78, 5) is 19.2. The maximum absolute atomic E-state index is 10.9. The summed E-state index contributed by atoms with van der Waals surface area (Å²) in [6, 6.07) is 0. The van der Waals surface area contributed by atoms with E-state index in [1.165, 1.54) is 12.4 Å². The fourth-order valence-electron chi connectivity index (χ4n) is 1.35. The number of hydrogen-bond donors (Lipinski definition) is 3. The second-order valence-electron chi connectivity index (χ2n) is 4.30. The maximum Gasteiger partial charge on any atom is 0.219 e. The van der Waals surface area contributed by atoms with Crippen LogP contribution in [0.4, 0.5) is 5.82 Å². The monoisotopic (exact) mass is 253 g/mol. The number of hydrogen-bond acceptors (Lipinski definition) is 5. The Labute approximate surface area is 105 Å². The lowest BCUT2D eigenvalue weighted by atomic mass is 10.0. The van der Waals surface area contributed by atoms with E-state index in [1.54, 1.807) is 0 Å². The summed E-state index contributed by atoms with van der Waals surface area (Å²) >= 11 is 4.77. The number of thiocarbonyl (C=S) groups is 1. The summed E-state index contributed by atoms with van der Waals surface area (Å²) in [6.45, 7) is 3.70. The van der Waals surface area contributed by atoms with E-state index in [0.717, 1.165) is 0 Å². The van der Waals surface area contributed by atoms with E-state index in [-0.39, 0.29) is 17.3 Å². The van der Waals surface area contributed by atoms with Crippen molar-refractivity contribution < 1.29 is 4.79 Å². The number of nitrogens with zero attached hydrogens (tertiary/aromatic N) is 2. The number of anilines is 1. The van der Waals surface area contributed by atoms with Gasteiger partial charge < -0.3 is 16.8 Å². The zero-order valence-electron chi connectivity index (χ0n) is 9.73. The van der Waals surface area contributed by atoms with Crippen LogP contribution in [0, 0.1) is 0 Å². The lowest BCUT2D eigenvalue weighted by Crippen LogP contribution is -2.36. The molecule has 0 radical (unpaired) electrons. The molecule has 92 valence electrons. The van der Waals surface area contributed by atoms with Crippen LogP contribution in [-0.4, -0.2) is 26.4 Å². The molecule has 6 nitrogen and oxygen atoms in total. The van der Waals surface area contributed by atoms with Gasteiger partial charge in [-0.05, 0) is 13.8 Å². The number of carbonyl (C=O) groups excluding carboxylic acids is 1. The normalized spacial score (nSPS) is 10.9. The SMILES string of the molecule is CC(C)(CC(N)=O)Nc1cnc(C(N)=S)cn1. The number of amides is 1. The van der Waals surface area contributed by atoms with E-state index in [4.69, 9.17) is 23.7 Å². The molecule has 0 aliphatic rings. The minimum Gasteiger partial charge on any atom is -0.388 e. The van der Waals surface area contributed by atoms with Crippen LogP contribution >= 0.6 is 12.2 Å². The van der Waals surface area contributed by atoms with Gasteiger partial charge in [0.25, 0.3) is 0 Å². The van der Waals surface area contributed by atoms with E-state index in [2.05, 4.69) is 15.3 Å². The van der Waals surface area contributed by atoms with Crippen LogP contribution in [-0.2, 0) is 4.79 Å². The van der Waals surface area contributed by atoms with E-state index in [9.17, 15) is 4.79 Å². The first-order chi connectivity index (χ1) is 7.80. The van der Waals surface area contributed by atoms with E-state index in [1.807, 2.05) is 13.8 Å². The predicted molar refractivity (Wildman–Crippen MR) is 69.4 cm³/mol. The largest absolute Gasteiger partial charge is 0.388 e. The van der Waals surface area contributed by atoms with Crippen molar-refractivity contribution in [3.63, 3.8) is 0 Å². The highest BCUT2D eigenvalue weighted by Crippen LogP contribution is 2.15. The zero-order valence-corrected chi connectivity index (χ0v) is 10.5. The topological polar surface area (TPSA) is 107 Å². The maximum atomic E-state index is 10.9. The third-order valence-corrected chi connectivity index (χ3v) is 2.20. The van der Waals surface area contributed by atoms with Crippen molar-refractivity contribution in [2.24, 2.45) is 11.5 Å². The van der Waals surface area contributed by atoms with Gasteiger partial charge in [0.2, 0.25) is 5.91 Å². The molecule has 0 unspecified atom stereocenters. The standard InChI is InChI=1S/C10H15N5OS/c1-10(2,3-7(11)16)15-8-5-13-6(4-14-8)9(12)17/h4-5H,3H2,1-2H3,(H2,11,16)(H2,12,17)(H,14,15). The Balaban J connectivity index is 2.75. The number of rotatable bonds is 5. The molecule has 0 aromatic carbocycles. The molecule has 1 aromatic rings. The van der Waals surface area contributed by atoms with Gasteiger partial charge in [0.05, 0.1) is 12.4 Å². The molecule has 7 heteroatoms. The Hall–Kier alpha value is -1.76. The Morgan fingerprint density at radius 2 is 2.06 bits per heavy atom. The first-order valence-corrected chi connectivity index (χ1v) is 5.39. The van der Waals surface area contributed by atoms with Gasteiger partial charge in [-0.25, -0.2) is 9.97 Å². The minimum absolute atomic E-state index is 0.195. The van der Waals surface area contributed by atoms with Crippen molar-refractivity contribution in [2.75, 3.05) is 5.32 Å². The van der Waals surface area contributed by atoms with Crippen LogP contribution in [0.15, 0.2) is 12.4 Å². The van der Waals surface area contributed by atoms with Gasteiger partial charge >= 0.3 is 0 Å². The summed E-state index contributed by atoms with van der Waals surface area (Å²) in [5, 5.41) is 3.06. The van der Waals surface area contributed by atoms with Crippen LogP contribution in [0.25, 0.3) is 0 Å². The summed E-state index contributed by atoms with van der Waals surface area (Å²) in [5.41, 5.74) is 10.5. The lowest BCUT2D eigenvalue weighted by molar-refractivity contribution is -0.118. The van der Waals surface area contributed by atoms with Crippen molar-refractivity contribution in [3.8, 4) is 0 Å². The number of carbonyl (C=O) groups is 1. The molecule has 0 bridgehead atoms. The molecule has 0 aliphatic carbocycles. The molecule has 1 amide bonds. The zero-order chi connectivity index (χ0) is 13.1. The Bertz CT molecular complexity index is 429. The Morgan fingerprint density at radius 3 is 2.47 bits per heavy atom. The van der Waals surface area contributed by atoms with Crippen molar-refractivity contribution in [1.82, 2.24) is 9.97 Å². The Morgan fingerprint density at radius 1 is 1.41 bits per heavy atom. The smallest absolute Gasteiger partial charge is 0.219 e. The molecule has 0 saturated carbocycles. The molecule has 0 saturated heterocycles. The average molecular weight is 253 g/mol. The molecular formula is C10H15N5OS.